The number of aryl methyl sites for hydroxylation is 1. The molecule has 5 amide bonds. The highest BCUT2D eigenvalue weighted by molar-refractivity contribution is 7.91. The second-order valence-electron chi connectivity index (χ2n) is 18.4. The number of nitrogens with one attached hydrogen (secondary N) is 4. The quantitative estimate of drug-likeness (QED) is 0.102. The molecule has 4 atom stereocenters. The highest BCUT2D eigenvalue weighted by atomic mass is 32.2. The number of amides is 5. The van der Waals surface area contributed by atoms with E-state index in [4.69, 9.17) is 9.72 Å². The van der Waals surface area contributed by atoms with Gasteiger partial charge in [-0.05, 0) is 89.3 Å². The highest BCUT2D eigenvalue weighted by Crippen LogP contribution is 2.48. The SMILES string of the molecule is CCCCCC=CC1CCC1(NC(=O)C1CC2(CCc3c(c(-c4cccc(F)c4)nc4ccccc34)O2)CN1C(=O)CNC(=O)NC1CCCCC1)C(=O)NS(=O)(=O)C1(C)CC1. The Kier molecular flexibility index (Phi) is 12.4. The Hall–Kier alpha value is -5.05. The fourth-order valence-electron chi connectivity index (χ4n) is 9.72. The van der Waals surface area contributed by atoms with Crippen LogP contribution in [-0.4, -0.2) is 83.1 Å². The van der Waals surface area contributed by atoms with E-state index in [1.54, 1.807) is 19.1 Å². The lowest BCUT2D eigenvalue weighted by molar-refractivity contribution is -0.143. The molecule has 8 rings (SSSR count). The first-order chi connectivity index (χ1) is 29.8. The van der Waals surface area contributed by atoms with Crippen LogP contribution in [0.25, 0.3) is 22.2 Å². The average molecular weight is 871 g/mol. The summed E-state index contributed by atoms with van der Waals surface area (Å²) in [7, 11) is -4.04. The van der Waals surface area contributed by atoms with Crippen molar-refractivity contribution in [2.45, 2.75) is 145 Å². The minimum Gasteiger partial charge on any atom is -0.483 e. The van der Waals surface area contributed by atoms with E-state index in [2.05, 4.69) is 27.6 Å². The Morgan fingerprint density at radius 3 is 2.50 bits per heavy atom. The van der Waals surface area contributed by atoms with E-state index in [0.29, 0.717) is 49.1 Å². The third-order valence-corrected chi connectivity index (χ3v) is 16.1. The summed E-state index contributed by atoms with van der Waals surface area (Å²) in [5.74, 6) is -2.39. The van der Waals surface area contributed by atoms with Crippen LogP contribution in [0.4, 0.5) is 9.18 Å². The predicted molar refractivity (Wildman–Crippen MR) is 234 cm³/mol. The lowest BCUT2D eigenvalue weighted by Crippen LogP contribution is -2.70. The summed E-state index contributed by atoms with van der Waals surface area (Å²) in [6.07, 6.45) is 15.2. The highest BCUT2D eigenvalue weighted by Gasteiger charge is 2.59. The number of hydrogen-bond acceptors (Lipinski definition) is 8. The maximum Gasteiger partial charge on any atom is 0.315 e. The number of hydrogen-bond donors (Lipinski definition) is 4. The fraction of sp³-hybridized carbons (Fsp3) is 0.553. The number of benzene rings is 2. The van der Waals surface area contributed by atoms with E-state index < -0.39 is 67.4 Å². The van der Waals surface area contributed by atoms with Gasteiger partial charge < -0.3 is 25.6 Å². The summed E-state index contributed by atoms with van der Waals surface area (Å²) < 4.78 is 49.8. The van der Waals surface area contributed by atoms with E-state index in [-0.39, 0.29) is 32.0 Å². The van der Waals surface area contributed by atoms with E-state index >= 15 is 0 Å². The molecule has 0 bridgehead atoms. The molecular formula is C47H59FN6O7S. The van der Waals surface area contributed by atoms with Crippen molar-refractivity contribution in [1.29, 1.82) is 0 Å². The van der Waals surface area contributed by atoms with Gasteiger partial charge in [0.1, 0.15) is 34.4 Å². The van der Waals surface area contributed by atoms with Gasteiger partial charge in [-0.2, -0.15) is 0 Å². The van der Waals surface area contributed by atoms with Crippen molar-refractivity contribution in [3.05, 3.63) is 72.1 Å². The van der Waals surface area contributed by atoms with Gasteiger partial charge in [-0.25, -0.2) is 22.6 Å². The zero-order valence-electron chi connectivity index (χ0n) is 35.8. The molecule has 332 valence electrons. The van der Waals surface area contributed by atoms with E-state index in [9.17, 15) is 32.0 Å². The largest absolute Gasteiger partial charge is 0.483 e. The number of para-hydroxylation sites is 1. The number of halogens is 1. The number of unbranched alkanes of at least 4 members (excludes halogenated alkanes) is 3. The first-order valence-electron chi connectivity index (χ1n) is 22.5. The minimum absolute atomic E-state index is 0.0165. The lowest BCUT2D eigenvalue weighted by Gasteiger charge is -2.47. The Bertz CT molecular complexity index is 2360. The number of rotatable bonds is 14. The minimum atomic E-state index is -4.04. The number of ether oxygens (including phenoxy) is 1. The van der Waals surface area contributed by atoms with Crippen LogP contribution in [0.3, 0.4) is 0 Å². The van der Waals surface area contributed by atoms with Crippen LogP contribution >= 0.6 is 0 Å². The number of aromatic nitrogens is 1. The summed E-state index contributed by atoms with van der Waals surface area (Å²) >= 11 is 0. The van der Waals surface area contributed by atoms with Crippen LogP contribution < -0.4 is 25.4 Å². The number of fused-ring (bicyclic) bond motifs is 3. The van der Waals surface area contributed by atoms with Crippen LogP contribution in [0.5, 0.6) is 5.75 Å². The molecule has 1 saturated heterocycles. The molecule has 4 N–H and O–H groups in total. The number of pyridine rings is 1. The Balaban J connectivity index is 1.11. The molecular weight excluding hydrogens is 812 g/mol. The van der Waals surface area contributed by atoms with Gasteiger partial charge >= 0.3 is 6.03 Å². The van der Waals surface area contributed by atoms with Gasteiger partial charge in [0.05, 0.1) is 23.4 Å². The molecule has 0 radical (unpaired) electrons. The van der Waals surface area contributed by atoms with Crippen molar-refractivity contribution in [1.82, 2.24) is 30.6 Å². The molecule has 15 heteroatoms. The van der Waals surface area contributed by atoms with Crippen LogP contribution in [0, 0.1) is 11.7 Å². The van der Waals surface area contributed by atoms with Gasteiger partial charge in [0, 0.05) is 34.9 Å². The first kappa shape index (κ1) is 43.6. The molecule has 3 heterocycles. The maximum absolute atomic E-state index is 14.9. The number of carbonyl (C=O) groups is 4. The number of urea groups is 1. The van der Waals surface area contributed by atoms with Gasteiger partial charge in [-0.15, -0.1) is 0 Å². The van der Waals surface area contributed by atoms with E-state index in [0.717, 1.165) is 74.3 Å². The number of allylic oxidation sites excluding steroid dienone is 1. The zero-order valence-corrected chi connectivity index (χ0v) is 36.6. The molecule has 62 heavy (non-hydrogen) atoms. The molecule has 3 aromatic rings. The average Bonchev–Trinajstić information content (AvgIpc) is 3.92. The summed E-state index contributed by atoms with van der Waals surface area (Å²) in [4.78, 5) is 62.9. The summed E-state index contributed by atoms with van der Waals surface area (Å²) in [5.41, 5.74) is -0.117. The topological polar surface area (TPSA) is 176 Å². The van der Waals surface area contributed by atoms with Crippen molar-refractivity contribution in [3.63, 3.8) is 0 Å². The van der Waals surface area contributed by atoms with Crippen LogP contribution in [0.1, 0.15) is 116 Å². The molecule has 4 unspecified atom stereocenters. The van der Waals surface area contributed by atoms with Crippen molar-refractivity contribution >= 4 is 44.7 Å². The van der Waals surface area contributed by atoms with Gasteiger partial charge in [-0.3, -0.25) is 19.1 Å². The van der Waals surface area contributed by atoms with Crippen molar-refractivity contribution in [3.8, 4) is 17.0 Å². The number of carbonyl (C=O) groups excluding carboxylic acids is 4. The smallest absolute Gasteiger partial charge is 0.315 e. The van der Waals surface area contributed by atoms with Gasteiger partial charge in [0.2, 0.25) is 21.8 Å². The van der Waals surface area contributed by atoms with Crippen LogP contribution in [-0.2, 0) is 30.8 Å². The third kappa shape index (κ3) is 8.78. The van der Waals surface area contributed by atoms with Crippen molar-refractivity contribution in [2.75, 3.05) is 13.1 Å². The predicted octanol–water partition coefficient (Wildman–Crippen LogP) is 6.74. The molecule has 4 fully saturated rings. The summed E-state index contributed by atoms with van der Waals surface area (Å²) in [5, 5.41) is 9.58. The molecule has 3 saturated carbocycles. The molecule has 2 aliphatic heterocycles. The van der Waals surface area contributed by atoms with Crippen LogP contribution in [0.2, 0.25) is 0 Å². The second kappa shape index (κ2) is 17.6. The van der Waals surface area contributed by atoms with Gasteiger partial charge in [0.25, 0.3) is 5.91 Å². The standard InChI is InChI=1S/C47H59FN6O7S/c1-3-4-5-6-8-15-32-21-24-47(32,43(57)53-62(59,60)45(2)25-26-45)52-42(56)38-28-46(30-54(38)39(55)29-49-44(58)50-34-17-9-7-10-18-34)23-22-36-35-19-11-12-20-37(35)51-40(41(36)61-46)31-14-13-16-33(48)27-31/h8,11-16,19-20,27,32,34,38H,3-7,9-10,17-18,21-26,28-30H2,1-2H3,(H,52,56)(H,53,57)(H2,49,50,58). The molecule has 1 aromatic heterocycles. The van der Waals surface area contributed by atoms with Crippen molar-refractivity contribution in [2.24, 2.45) is 5.92 Å². The normalized spacial score (nSPS) is 25.4. The Morgan fingerprint density at radius 2 is 1.77 bits per heavy atom. The molecule has 2 aromatic carbocycles. The van der Waals surface area contributed by atoms with E-state index in [1.807, 2.05) is 36.4 Å². The lowest BCUT2D eigenvalue weighted by atomic mass is 9.65. The van der Waals surface area contributed by atoms with E-state index in [1.165, 1.54) is 17.0 Å². The maximum atomic E-state index is 14.9. The molecule has 13 nitrogen and oxygen atoms in total. The molecule has 3 aliphatic carbocycles. The zero-order chi connectivity index (χ0) is 43.7. The van der Waals surface area contributed by atoms with Crippen molar-refractivity contribution < 1.29 is 36.7 Å². The second-order valence-corrected chi connectivity index (χ2v) is 20.6. The number of likely N-dealkylation sites (tertiary alicyclic amines) is 1. The monoisotopic (exact) mass is 870 g/mol. The van der Waals surface area contributed by atoms with Crippen LogP contribution in [0.15, 0.2) is 60.7 Å². The number of sulfonamides is 1. The third-order valence-electron chi connectivity index (χ3n) is 14.0. The van der Waals surface area contributed by atoms with Gasteiger partial charge in [-0.1, -0.05) is 81.5 Å². The fourth-order valence-corrected chi connectivity index (χ4v) is 11.0. The summed E-state index contributed by atoms with van der Waals surface area (Å²) in [6.45, 7) is 3.31. The molecule has 1 spiro atoms. The number of nitrogens with zero attached hydrogens (tertiary/aromatic N) is 2. The summed E-state index contributed by atoms with van der Waals surface area (Å²) in [6, 6.07) is 12.2. The Morgan fingerprint density at radius 1 is 0.984 bits per heavy atom. The van der Waals surface area contributed by atoms with Gasteiger partial charge in [0.15, 0.2) is 0 Å². The Labute approximate surface area is 363 Å². The molecule has 5 aliphatic rings. The first-order valence-corrected chi connectivity index (χ1v) is 24.0.